The maximum absolute atomic E-state index is 12.8. The van der Waals surface area contributed by atoms with E-state index in [-0.39, 0.29) is 13.1 Å². The standard InChI is InChI=1S/C16H20F2N2/c17-16(18)10-20(11-16)9-15-13-7-19(8-14(13)15)6-12-4-2-1-3-5-12/h1-5,13-15H,6-11H2/t13-,14+,15+. The van der Waals surface area contributed by atoms with Crippen molar-refractivity contribution in [3.63, 3.8) is 0 Å². The highest BCUT2D eigenvalue weighted by Gasteiger charge is 2.57. The first-order chi connectivity index (χ1) is 9.61. The van der Waals surface area contributed by atoms with Crippen molar-refractivity contribution in [3.05, 3.63) is 35.9 Å². The maximum atomic E-state index is 12.8. The minimum Gasteiger partial charge on any atom is -0.298 e. The van der Waals surface area contributed by atoms with Gasteiger partial charge in [-0.1, -0.05) is 30.3 Å². The van der Waals surface area contributed by atoms with Crippen LogP contribution in [0.3, 0.4) is 0 Å². The number of nitrogens with zero attached hydrogens (tertiary/aromatic N) is 2. The van der Waals surface area contributed by atoms with Crippen molar-refractivity contribution < 1.29 is 8.78 Å². The van der Waals surface area contributed by atoms with Crippen LogP contribution in [0, 0.1) is 17.8 Å². The van der Waals surface area contributed by atoms with Crippen LogP contribution in [0.25, 0.3) is 0 Å². The summed E-state index contributed by atoms with van der Waals surface area (Å²) >= 11 is 0. The first-order valence-electron chi connectivity index (χ1n) is 7.47. The molecule has 2 heterocycles. The molecule has 0 bridgehead atoms. The second-order valence-electron chi connectivity index (χ2n) is 6.70. The van der Waals surface area contributed by atoms with Gasteiger partial charge in [-0.3, -0.25) is 9.80 Å². The van der Waals surface area contributed by atoms with Crippen LogP contribution in [0.5, 0.6) is 0 Å². The molecule has 0 aromatic heterocycles. The van der Waals surface area contributed by atoms with Crippen LogP contribution in [0.4, 0.5) is 8.78 Å². The third-order valence-electron chi connectivity index (χ3n) is 5.07. The molecular weight excluding hydrogens is 258 g/mol. The Kier molecular flexibility index (Phi) is 2.86. The van der Waals surface area contributed by atoms with E-state index >= 15 is 0 Å². The predicted molar refractivity (Wildman–Crippen MR) is 73.6 cm³/mol. The molecule has 0 N–H and O–H groups in total. The zero-order valence-corrected chi connectivity index (χ0v) is 11.5. The number of fused-ring (bicyclic) bond motifs is 1. The number of piperidine rings is 1. The second kappa shape index (κ2) is 4.50. The van der Waals surface area contributed by atoms with Crippen LogP contribution in [0.2, 0.25) is 0 Å². The van der Waals surface area contributed by atoms with Gasteiger partial charge < -0.3 is 0 Å². The Morgan fingerprint density at radius 2 is 1.65 bits per heavy atom. The van der Waals surface area contributed by atoms with Gasteiger partial charge in [-0.05, 0) is 23.3 Å². The van der Waals surface area contributed by atoms with Gasteiger partial charge >= 0.3 is 0 Å². The first-order valence-corrected chi connectivity index (χ1v) is 7.47. The van der Waals surface area contributed by atoms with Gasteiger partial charge in [0.1, 0.15) is 0 Å². The summed E-state index contributed by atoms with van der Waals surface area (Å²) in [6.07, 6.45) is 0. The van der Waals surface area contributed by atoms with Gasteiger partial charge in [0.15, 0.2) is 0 Å². The van der Waals surface area contributed by atoms with Gasteiger partial charge in [0.25, 0.3) is 5.92 Å². The van der Waals surface area contributed by atoms with Crippen LogP contribution >= 0.6 is 0 Å². The van der Waals surface area contributed by atoms with E-state index in [0.29, 0.717) is 5.92 Å². The molecule has 3 atom stereocenters. The average molecular weight is 278 g/mol. The zero-order valence-electron chi connectivity index (χ0n) is 11.5. The Morgan fingerprint density at radius 1 is 1.00 bits per heavy atom. The van der Waals surface area contributed by atoms with E-state index in [9.17, 15) is 8.78 Å². The Morgan fingerprint density at radius 3 is 2.25 bits per heavy atom. The van der Waals surface area contributed by atoms with Crippen LogP contribution in [0.1, 0.15) is 5.56 Å². The molecule has 1 aromatic rings. The van der Waals surface area contributed by atoms with E-state index in [2.05, 4.69) is 29.2 Å². The molecule has 3 aliphatic rings. The van der Waals surface area contributed by atoms with Gasteiger partial charge in [0.05, 0.1) is 13.1 Å². The normalized spacial score (nSPS) is 35.6. The van der Waals surface area contributed by atoms with Gasteiger partial charge in [-0.15, -0.1) is 0 Å². The molecule has 0 radical (unpaired) electrons. The fraction of sp³-hybridized carbons (Fsp3) is 0.625. The molecule has 108 valence electrons. The fourth-order valence-electron chi connectivity index (χ4n) is 4.01. The van der Waals surface area contributed by atoms with E-state index in [1.807, 2.05) is 11.0 Å². The van der Waals surface area contributed by atoms with Gasteiger partial charge in [0.2, 0.25) is 0 Å². The highest BCUT2D eigenvalue weighted by molar-refractivity contribution is 5.16. The predicted octanol–water partition coefficient (Wildman–Crippen LogP) is 2.32. The summed E-state index contributed by atoms with van der Waals surface area (Å²) in [6, 6.07) is 10.6. The Bertz CT molecular complexity index is 471. The minimum absolute atomic E-state index is 0.0172. The summed E-state index contributed by atoms with van der Waals surface area (Å²) in [5.41, 5.74) is 1.37. The van der Waals surface area contributed by atoms with E-state index in [1.165, 1.54) is 5.56 Å². The molecule has 2 nitrogen and oxygen atoms in total. The molecule has 20 heavy (non-hydrogen) atoms. The van der Waals surface area contributed by atoms with Crippen LogP contribution < -0.4 is 0 Å². The number of alkyl halides is 2. The Hall–Kier alpha value is -1.00. The highest BCUT2D eigenvalue weighted by atomic mass is 19.3. The van der Waals surface area contributed by atoms with E-state index in [0.717, 1.165) is 38.0 Å². The Labute approximate surface area is 118 Å². The summed E-state index contributed by atoms with van der Waals surface area (Å²) in [7, 11) is 0. The first kappa shape index (κ1) is 12.7. The van der Waals surface area contributed by atoms with Crippen molar-refractivity contribution in [2.45, 2.75) is 12.5 Å². The molecule has 0 unspecified atom stereocenters. The van der Waals surface area contributed by atoms with Gasteiger partial charge in [-0.25, -0.2) is 8.78 Å². The van der Waals surface area contributed by atoms with Crippen molar-refractivity contribution in [1.82, 2.24) is 9.80 Å². The molecule has 1 saturated carbocycles. The zero-order chi connectivity index (χ0) is 13.7. The summed E-state index contributed by atoms with van der Waals surface area (Å²) < 4.78 is 25.6. The number of likely N-dealkylation sites (tertiary alicyclic amines) is 2. The molecule has 2 saturated heterocycles. The molecule has 4 rings (SSSR count). The third-order valence-corrected chi connectivity index (χ3v) is 5.07. The number of halogens is 2. The topological polar surface area (TPSA) is 6.48 Å². The van der Waals surface area contributed by atoms with Crippen molar-refractivity contribution in [3.8, 4) is 0 Å². The average Bonchev–Trinajstić information content (AvgIpc) is 2.82. The molecule has 1 aliphatic carbocycles. The second-order valence-corrected chi connectivity index (χ2v) is 6.70. The molecule has 0 amide bonds. The molecule has 4 heteroatoms. The van der Waals surface area contributed by atoms with Gasteiger partial charge in [0, 0.05) is 26.2 Å². The lowest BCUT2D eigenvalue weighted by atomic mass is 10.1. The lowest BCUT2D eigenvalue weighted by molar-refractivity contribution is -0.132. The smallest absolute Gasteiger partial charge is 0.272 e. The molecule has 3 fully saturated rings. The lowest BCUT2D eigenvalue weighted by Crippen LogP contribution is -2.56. The van der Waals surface area contributed by atoms with E-state index in [4.69, 9.17) is 0 Å². The van der Waals surface area contributed by atoms with Crippen LogP contribution in [0.15, 0.2) is 30.3 Å². The molecular formula is C16H20F2N2. The van der Waals surface area contributed by atoms with Gasteiger partial charge in [-0.2, -0.15) is 0 Å². The number of benzene rings is 1. The highest BCUT2D eigenvalue weighted by Crippen LogP contribution is 2.52. The van der Waals surface area contributed by atoms with Crippen LogP contribution in [-0.4, -0.2) is 48.4 Å². The van der Waals surface area contributed by atoms with Crippen molar-refractivity contribution in [2.24, 2.45) is 17.8 Å². The van der Waals surface area contributed by atoms with Crippen molar-refractivity contribution in [1.29, 1.82) is 0 Å². The third kappa shape index (κ3) is 2.35. The van der Waals surface area contributed by atoms with Crippen LogP contribution in [-0.2, 0) is 6.54 Å². The number of rotatable bonds is 4. The summed E-state index contributed by atoms with van der Waals surface area (Å²) in [5.74, 6) is -0.220. The largest absolute Gasteiger partial charge is 0.298 e. The number of hydrogen-bond donors (Lipinski definition) is 0. The van der Waals surface area contributed by atoms with Crippen molar-refractivity contribution >= 4 is 0 Å². The van der Waals surface area contributed by atoms with E-state index < -0.39 is 5.92 Å². The Balaban J connectivity index is 1.23. The quantitative estimate of drug-likeness (QED) is 0.834. The summed E-state index contributed by atoms with van der Waals surface area (Å²) in [6.45, 7) is 4.18. The fourth-order valence-corrected chi connectivity index (χ4v) is 4.01. The monoisotopic (exact) mass is 278 g/mol. The van der Waals surface area contributed by atoms with Crippen molar-refractivity contribution in [2.75, 3.05) is 32.7 Å². The summed E-state index contributed by atoms with van der Waals surface area (Å²) in [4.78, 5) is 4.43. The SMILES string of the molecule is FC1(F)CN(C[C@H]2[C@@H]3CN(Cc4ccccc4)C[C@@H]32)C1. The molecule has 1 aromatic carbocycles. The summed E-state index contributed by atoms with van der Waals surface area (Å²) in [5, 5.41) is 0. The molecule has 0 spiro atoms. The number of hydrogen-bond acceptors (Lipinski definition) is 2. The van der Waals surface area contributed by atoms with E-state index in [1.54, 1.807) is 0 Å². The molecule has 2 aliphatic heterocycles. The minimum atomic E-state index is -2.41. The lowest BCUT2D eigenvalue weighted by Gasteiger charge is -2.39. The maximum Gasteiger partial charge on any atom is 0.272 e.